The monoisotopic (exact) mass is 673 g/mol. The van der Waals surface area contributed by atoms with Crippen molar-refractivity contribution in [2.45, 2.75) is 33.2 Å². The maximum absolute atomic E-state index is 11.4. The van der Waals surface area contributed by atoms with Crippen LogP contribution in [0, 0.1) is 11.8 Å². The number of carbonyl (C=O) groups excluding carboxylic acids is 1. The van der Waals surface area contributed by atoms with Crippen molar-refractivity contribution in [3.05, 3.63) is 57.9 Å². The summed E-state index contributed by atoms with van der Waals surface area (Å²) in [7, 11) is 1.86. The number of allylic oxidation sites excluding steroid dienone is 1. The van der Waals surface area contributed by atoms with E-state index in [2.05, 4.69) is 37.1 Å². The Hall–Kier alpha value is -3.35. The summed E-state index contributed by atoms with van der Waals surface area (Å²) in [5, 5.41) is 16.4. The summed E-state index contributed by atoms with van der Waals surface area (Å²) in [6.45, 7) is 12.9. The molecule has 0 aliphatic carbocycles. The number of pyridine rings is 1. The number of nitrogens with zero attached hydrogens (tertiary/aromatic N) is 5. The molecule has 1 atom stereocenters. The van der Waals surface area contributed by atoms with Gasteiger partial charge in [-0.25, -0.2) is 4.98 Å². The Balaban J connectivity index is 1.76. The Morgan fingerprint density at radius 2 is 1.91 bits per heavy atom. The number of halogens is 2. The second kappa shape index (κ2) is 19.3. The van der Waals surface area contributed by atoms with Crippen molar-refractivity contribution in [2.75, 3.05) is 59.4 Å². The van der Waals surface area contributed by atoms with Gasteiger partial charge in [-0.05, 0) is 75.4 Å². The van der Waals surface area contributed by atoms with Gasteiger partial charge in [-0.2, -0.15) is 0 Å². The summed E-state index contributed by atoms with van der Waals surface area (Å²) in [6.07, 6.45) is 5.05. The largest absolute Gasteiger partial charge is 0.481 e. The molecule has 1 aromatic heterocycles. The Morgan fingerprint density at radius 1 is 1.20 bits per heavy atom. The highest BCUT2D eigenvalue weighted by Gasteiger charge is 2.21. The van der Waals surface area contributed by atoms with E-state index in [1.807, 2.05) is 31.3 Å². The van der Waals surface area contributed by atoms with Crippen molar-refractivity contribution in [3.8, 4) is 17.1 Å². The number of piperidine rings is 1. The van der Waals surface area contributed by atoms with Gasteiger partial charge < -0.3 is 20.5 Å². The van der Waals surface area contributed by atoms with Crippen LogP contribution in [0.15, 0.2) is 52.3 Å². The Kier molecular flexibility index (Phi) is 15.6. The van der Waals surface area contributed by atoms with Crippen LogP contribution in [-0.2, 0) is 16.1 Å². The normalized spacial score (nSPS) is 15.3. The van der Waals surface area contributed by atoms with Gasteiger partial charge >= 0.3 is 5.97 Å². The second-order valence-corrected chi connectivity index (χ2v) is 12.4. The number of aromatic nitrogens is 1. The first-order chi connectivity index (χ1) is 22.1. The average molecular weight is 675 g/mol. The fourth-order valence-electron chi connectivity index (χ4n) is 5.13. The molecule has 13 heteroatoms. The molecule has 1 amide bonds. The minimum Gasteiger partial charge on any atom is -0.481 e. The standard InChI is InChI=1S/C33H45Cl2N7O4/c1-23(33(44)45)21-42(11-7-36-3)12-8-38-20-30(19-37-4)46-32-14-26(13-31(40-32)27-15-28(34)17-29(35)16-27)22-41-9-5-25(6-10-41)18-39-24(2)43/h13-17,19-20,23,25,36H,4-12,18,21-22H2,1-3H3,(H,39,43)(H,44,45)/b30-19+,38-20?. The molecule has 1 saturated heterocycles. The van der Waals surface area contributed by atoms with Gasteiger partial charge in [0.1, 0.15) is 0 Å². The average Bonchev–Trinajstić information content (AvgIpc) is 3.00. The fraction of sp³-hybridized carbons (Fsp3) is 0.485. The van der Waals surface area contributed by atoms with Crippen molar-refractivity contribution in [1.29, 1.82) is 0 Å². The lowest BCUT2D eigenvalue weighted by Gasteiger charge is -2.32. The highest BCUT2D eigenvalue weighted by atomic mass is 35.5. The zero-order chi connectivity index (χ0) is 33.5. The van der Waals surface area contributed by atoms with Crippen LogP contribution in [0.4, 0.5) is 0 Å². The van der Waals surface area contributed by atoms with Gasteiger partial charge in [-0.15, -0.1) is 0 Å². The lowest BCUT2D eigenvalue weighted by molar-refractivity contribution is -0.141. The minimum atomic E-state index is -0.825. The van der Waals surface area contributed by atoms with Gasteiger partial charge in [-0.1, -0.05) is 30.1 Å². The fourth-order valence-corrected chi connectivity index (χ4v) is 5.65. The number of benzene rings is 1. The molecule has 2 heterocycles. The van der Waals surface area contributed by atoms with E-state index >= 15 is 0 Å². The molecule has 0 spiro atoms. The van der Waals surface area contributed by atoms with Crippen LogP contribution in [0.3, 0.4) is 0 Å². The van der Waals surface area contributed by atoms with Crippen LogP contribution in [0.2, 0.25) is 10.0 Å². The zero-order valence-corrected chi connectivity index (χ0v) is 28.4. The highest BCUT2D eigenvalue weighted by Crippen LogP contribution is 2.30. The first-order valence-electron chi connectivity index (χ1n) is 15.4. The molecule has 2 aromatic rings. The van der Waals surface area contributed by atoms with E-state index in [9.17, 15) is 14.7 Å². The van der Waals surface area contributed by atoms with Crippen molar-refractivity contribution in [1.82, 2.24) is 25.4 Å². The number of ether oxygens (including phenoxy) is 1. The lowest BCUT2D eigenvalue weighted by Crippen LogP contribution is -2.37. The predicted molar refractivity (Wildman–Crippen MR) is 185 cm³/mol. The van der Waals surface area contributed by atoms with Crippen LogP contribution >= 0.6 is 23.2 Å². The number of aliphatic imine (C=N–C) groups is 2. The third kappa shape index (κ3) is 13.2. The smallest absolute Gasteiger partial charge is 0.307 e. The number of aliphatic carboxylic acids is 1. The lowest BCUT2D eigenvalue weighted by atomic mass is 9.96. The van der Waals surface area contributed by atoms with Crippen molar-refractivity contribution >= 4 is 48.0 Å². The number of likely N-dealkylation sites (N-methyl/N-ethyl adjacent to an activating group) is 1. The molecule has 0 saturated carbocycles. The van der Waals surface area contributed by atoms with E-state index in [1.165, 1.54) is 6.20 Å². The molecule has 1 fully saturated rings. The molecular weight excluding hydrogens is 629 g/mol. The quantitative estimate of drug-likeness (QED) is 0.154. The molecule has 1 unspecified atom stereocenters. The van der Waals surface area contributed by atoms with Gasteiger partial charge in [0, 0.05) is 67.9 Å². The molecular formula is C33H45Cl2N7O4. The summed E-state index contributed by atoms with van der Waals surface area (Å²) in [5.41, 5.74) is 2.43. The number of carboxylic acid groups (broad SMARTS) is 1. The van der Waals surface area contributed by atoms with E-state index in [-0.39, 0.29) is 5.91 Å². The summed E-state index contributed by atoms with van der Waals surface area (Å²) in [5.74, 6) is -0.126. The number of rotatable bonds is 18. The maximum Gasteiger partial charge on any atom is 0.307 e. The van der Waals surface area contributed by atoms with E-state index in [0.29, 0.717) is 72.6 Å². The first kappa shape index (κ1) is 37.1. The van der Waals surface area contributed by atoms with Crippen LogP contribution < -0.4 is 15.4 Å². The van der Waals surface area contributed by atoms with Crippen LogP contribution in [0.25, 0.3) is 11.3 Å². The predicted octanol–water partition coefficient (Wildman–Crippen LogP) is 4.64. The van der Waals surface area contributed by atoms with Gasteiger partial charge in [0.15, 0.2) is 5.76 Å². The molecule has 1 aliphatic rings. The van der Waals surface area contributed by atoms with E-state index in [0.717, 1.165) is 43.6 Å². The third-order valence-electron chi connectivity index (χ3n) is 7.61. The highest BCUT2D eigenvalue weighted by molar-refractivity contribution is 6.35. The van der Waals surface area contributed by atoms with Gasteiger partial charge in [0.2, 0.25) is 11.8 Å². The maximum atomic E-state index is 11.4. The van der Waals surface area contributed by atoms with Gasteiger partial charge in [0.05, 0.1) is 30.6 Å². The molecule has 0 bridgehead atoms. The number of amides is 1. The van der Waals surface area contributed by atoms with E-state index < -0.39 is 11.9 Å². The summed E-state index contributed by atoms with van der Waals surface area (Å²) in [6, 6.07) is 9.21. The Labute approximate surface area is 281 Å². The molecule has 46 heavy (non-hydrogen) atoms. The molecule has 3 rings (SSSR count). The number of likely N-dealkylation sites (tertiary alicyclic amines) is 1. The molecule has 1 aromatic carbocycles. The number of hydrogen-bond donors (Lipinski definition) is 3. The van der Waals surface area contributed by atoms with E-state index in [1.54, 1.807) is 26.1 Å². The number of carbonyl (C=O) groups is 2. The van der Waals surface area contributed by atoms with Gasteiger partial charge in [-0.3, -0.25) is 29.4 Å². The zero-order valence-electron chi connectivity index (χ0n) is 26.8. The van der Waals surface area contributed by atoms with E-state index in [4.69, 9.17) is 32.9 Å². The summed E-state index contributed by atoms with van der Waals surface area (Å²) in [4.78, 5) is 40.3. The summed E-state index contributed by atoms with van der Waals surface area (Å²) < 4.78 is 6.19. The summed E-state index contributed by atoms with van der Waals surface area (Å²) >= 11 is 12.6. The molecule has 11 nitrogen and oxygen atoms in total. The van der Waals surface area contributed by atoms with Crippen molar-refractivity contribution in [3.63, 3.8) is 0 Å². The van der Waals surface area contributed by atoms with Crippen molar-refractivity contribution < 1.29 is 19.4 Å². The van der Waals surface area contributed by atoms with Crippen LogP contribution in [0.5, 0.6) is 5.88 Å². The molecule has 0 radical (unpaired) electrons. The number of hydrogen-bond acceptors (Lipinski definition) is 9. The number of carboxylic acids is 1. The third-order valence-corrected chi connectivity index (χ3v) is 8.05. The van der Waals surface area contributed by atoms with Crippen LogP contribution in [0.1, 0.15) is 32.3 Å². The molecule has 1 aliphatic heterocycles. The van der Waals surface area contributed by atoms with Crippen LogP contribution in [-0.4, -0.2) is 104 Å². The Bertz CT molecular complexity index is 1360. The number of nitrogens with one attached hydrogen (secondary N) is 2. The van der Waals surface area contributed by atoms with Crippen molar-refractivity contribution in [2.24, 2.45) is 21.8 Å². The second-order valence-electron chi connectivity index (χ2n) is 11.5. The SMILES string of the molecule is C=N/C=C(\C=NCCN(CCNC)CC(C)C(=O)O)Oc1cc(CN2CCC(CNC(C)=O)CC2)cc(-c2cc(Cl)cc(Cl)c2)n1. The minimum absolute atomic E-state index is 0.00220. The molecule has 3 N–H and O–H groups in total. The van der Waals surface area contributed by atoms with Gasteiger partial charge in [0.25, 0.3) is 0 Å². The molecule has 250 valence electrons. The first-order valence-corrected chi connectivity index (χ1v) is 16.2. The Morgan fingerprint density at radius 3 is 2.54 bits per heavy atom. The topological polar surface area (TPSA) is 132 Å².